The minimum absolute atomic E-state index is 0.0882. The van der Waals surface area contributed by atoms with Crippen molar-refractivity contribution in [2.45, 2.75) is 31.3 Å². The minimum atomic E-state index is -0.675. The van der Waals surface area contributed by atoms with Crippen molar-refractivity contribution in [3.8, 4) is 5.75 Å². The first-order chi connectivity index (χ1) is 15.3. The third-order valence-electron chi connectivity index (χ3n) is 6.05. The van der Waals surface area contributed by atoms with E-state index in [0.717, 1.165) is 17.3 Å². The highest BCUT2D eigenvalue weighted by Crippen LogP contribution is 2.40. The van der Waals surface area contributed by atoms with Gasteiger partial charge in [-0.05, 0) is 25.0 Å². The van der Waals surface area contributed by atoms with E-state index < -0.39 is 22.6 Å². The van der Waals surface area contributed by atoms with Gasteiger partial charge < -0.3 is 14.7 Å². The van der Waals surface area contributed by atoms with Crippen LogP contribution in [0.4, 0.5) is 0 Å². The lowest BCUT2D eigenvalue weighted by Gasteiger charge is -2.45. The van der Waals surface area contributed by atoms with Gasteiger partial charge in [-0.2, -0.15) is 5.10 Å². The molecule has 2 heterocycles. The SMILES string of the molecule is COCC(C)(C)N1CC(C(c2ccccc2)c2ccccc2)n2ncc(=O)c(O)c2C1=O. The predicted molar refractivity (Wildman–Crippen MR) is 121 cm³/mol. The molecule has 1 aliphatic heterocycles. The number of aromatic hydroxyl groups is 1. The van der Waals surface area contributed by atoms with Gasteiger partial charge in [-0.25, -0.2) is 0 Å². The number of amides is 1. The van der Waals surface area contributed by atoms with Crippen LogP contribution in [0.2, 0.25) is 0 Å². The number of nitrogens with zero attached hydrogens (tertiary/aromatic N) is 3. The lowest BCUT2D eigenvalue weighted by molar-refractivity contribution is 0.0105. The van der Waals surface area contributed by atoms with Crippen LogP contribution in [0.1, 0.15) is 47.4 Å². The summed E-state index contributed by atoms with van der Waals surface area (Å²) in [5.41, 5.74) is 0.675. The molecule has 0 fully saturated rings. The Labute approximate surface area is 186 Å². The van der Waals surface area contributed by atoms with Crippen molar-refractivity contribution >= 4 is 5.91 Å². The first-order valence-electron chi connectivity index (χ1n) is 10.6. The van der Waals surface area contributed by atoms with Crippen molar-refractivity contribution in [3.05, 3.63) is 93.9 Å². The summed E-state index contributed by atoms with van der Waals surface area (Å²) >= 11 is 0. The highest BCUT2D eigenvalue weighted by molar-refractivity contribution is 5.96. The van der Waals surface area contributed by atoms with Crippen LogP contribution in [0.3, 0.4) is 0 Å². The van der Waals surface area contributed by atoms with E-state index >= 15 is 0 Å². The van der Waals surface area contributed by atoms with Gasteiger partial charge in [-0.3, -0.25) is 14.3 Å². The second-order valence-electron chi connectivity index (χ2n) is 8.68. The maximum Gasteiger partial charge on any atom is 0.276 e. The van der Waals surface area contributed by atoms with Crippen LogP contribution in [0.25, 0.3) is 0 Å². The molecule has 0 spiro atoms. The van der Waals surface area contributed by atoms with Crippen LogP contribution in [-0.2, 0) is 4.74 Å². The quantitative estimate of drug-likeness (QED) is 0.645. The molecule has 32 heavy (non-hydrogen) atoms. The minimum Gasteiger partial charge on any atom is -0.502 e. The van der Waals surface area contributed by atoms with Crippen LogP contribution < -0.4 is 5.43 Å². The van der Waals surface area contributed by atoms with E-state index in [4.69, 9.17) is 4.74 Å². The standard InChI is InChI=1S/C25H27N3O4/c1-25(2,16-32-3)27-15-19(28-22(24(27)31)23(30)20(29)14-26-28)21(17-10-6-4-7-11-17)18-12-8-5-9-13-18/h4-14,19,21,30H,15-16H2,1-3H3. The van der Waals surface area contributed by atoms with Gasteiger partial charge in [-0.15, -0.1) is 0 Å². The van der Waals surface area contributed by atoms with E-state index in [2.05, 4.69) is 5.10 Å². The first kappa shape index (κ1) is 21.8. The summed E-state index contributed by atoms with van der Waals surface area (Å²) in [7, 11) is 1.59. The number of methoxy groups -OCH3 is 1. The van der Waals surface area contributed by atoms with Gasteiger partial charge in [0.15, 0.2) is 11.4 Å². The number of carbonyl (C=O) groups is 1. The van der Waals surface area contributed by atoms with Gasteiger partial charge in [0.05, 0.1) is 24.4 Å². The molecule has 0 aliphatic carbocycles. The summed E-state index contributed by atoms with van der Waals surface area (Å²) in [5.74, 6) is -1.18. The van der Waals surface area contributed by atoms with Crippen LogP contribution in [0, 0.1) is 0 Å². The van der Waals surface area contributed by atoms with E-state index in [0.29, 0.717) is 13.2 Å². The normalized spacial score (nSPS) is 16.3. The fraction of sp³-hybridized carbons (Fsp3) is 0.320. The second kappa shape index (κ2) is 8.59. The zero-order valence-electron chi connectivity index (χ0n) is 18.4. The Morgan fingerprint density at radius 1 is 1.06 bits per heavy atom. The Balaban J connectivity index is 1.95. The summed E-state index contributed by atoms with van der Waals surface area (Å²) in [5, 5.41) is 14.9. The van der Waals surface area contributed by atoms with E-state index in [1.54, 1.807) is 12.0 Å². The van der Waals surface area contributed by atoms with Gasteiger partial charge in [0, 0.05) is 19.6 Å². The third-order valence-corrected chi connectivity index (χ3v) is 6.05. The molecule has 7 nitrogen and oxygen atoms in total. The summed E-state index contributed by atoms with van der Waals surface area (Å²) in [4.78, 5) is 27.4. The molecular weight excluding hydrogens is 406 g/mol. The summed E-state index contributed by atoms with van der Waals surface area (Å²) in [6.45, 7) is 4.46. The molecule has 1 N–H and O–H groups in total. The largest absolute Gasteiger partial charge is 0.502 e. The molecule has 1 aromatic heterocycles. The Kier molecular flexibility index (Phi) is 5.84. The maximum absolute atomic E-state index is 13.5. The summed E-state index contributed by atoms with van der Waals surface area (Å²) in [6, 6.07) is 19.6. The fourth-order valence-corrected chi connectivity index (χ4v) is 4.54. The van der Waals surface area contributed by atoms with Gasteiger partial charge in [0.2, 0.25) is 5.43 Å². The van der Waals surface area contributed by atoms with E-state index in [9.17, 15) is 14.7 Å². The number of fused-ring (bicyclic) bond motifs is 1. The lowest BCUT2D eigenvalue weighted by Crippen LogP contribution is -2.57. The highest BCUT2D eigenvalue weighted by Gasteiger charge is 2.44. The molecule has 1 atom stereocenters. The Morgan fingerprint density at radius 2 is 1.62 bits per heavy atom. The van der Waals surface area contributed by atoms with Gasteiger partial charge in [0.1, 0.15) is 0 Å². The number of benzene rings is 2. The molecule has 166 valence electrons. The zero-order valence-corrected chi connectivity index (χ0v) is 18.4. The lowest BCUT2D eigenvalue weighted by atomic mass is 9.83. The molecule has 2 aromatic carbocycles. The molecule has 4 rings (SSSR count). The molecule has 0 bridgehead atoms. The molecule has 3 aromatic rings. The van der Waals surface area contributed by atoms with Gasteiger partial charge in [0.25, 0.3) is 5.91 Å². The van der Waals surface area contributed by atoms with Crippen LogP contribution >= 0.6 is 0 Å². The zero-order chi connectivity index (χ0) is 22.9. The second-order valence-corrected chi connectivity index (χ2v) is 8.68. The van der Waals surface area contributed by atoms with E-state index in [1.165, 1.54) is 4.68 Å². The average molecular weight is 434 g/mol. The highest BCUT2D eigenvalue weighted by atomic mass is 16.5. The maximum atomic E-state index is 13.5. The predicted octanol–water partition coefficient (Wildman–Crippen LogP) is 3.20. The summed E-state index contributed by atoms with van der Waals surface area (Å²) < 4.78 is 6.89. The molecule has 0 saturated heterocycles. The van der Waals surface area contributed by atoms with Crippen molar-refractivity contribution in [1.82, 2.24) is 14.7 Å². The Bertz CT molecular complexity index is 1120. The van der Waals surface area contributed by atoms with E-state index in [-0.39, 0.29) is 17.7 Å². The number of aromatic nitrogens is 2. The van der Waals surface area contributed by atoms with Crippen molar-refractivity contribution in [1.29, 1.82) is 0 Å². The number of rotatable bonds is 6. The topological polar surface area (TPSA) is 84.7 Å². The molecule has 0 radical (unpaired) electrons. The van der Waals surface area contributed by atoms with Crippen molar-refractivity contribution in [3.63, 3.8) is 0 Å². The smallest absolute Gasteiger partial charge is 0.276 e. The van der Waals surface area contributed by atoms with Crippen LogP contribution in [0.15, 0.2) is 71.7 Å². The first-order valence-corrected chi connectivity index (χ1v) is 10.6. The van der Waals surface area contributed by atoms with Crippen molar-refractivity contribution in [2.75, 3.05) is 20.3 Å². The van der Waals surface area contributed by atoms with Gasteiger partial charge >= 0.3 is 0 Å². The van der Waals surface area contributed by atoms with Crippen LogP contribution in [-0.4, -0.2) is 51.5 Å². The van der Waals surface area contributed by atoms with Crippen molar-refractivity contribution < 1.29 is 14.6 Å². The number of ether oxygens (including phenoxy) is 1. The molecular formula is C25H27N3O4. The molecule has 1 unspecified atom stereocenters. The monoisotopic (exact) mass is 433 g/mol. The summed E-state index contributed by atoms with van der Waals surface area (Å²) in [6.07, 6.45) is 1.07. The van der Waals surface area contributed by atoms with Gasteiger partial charge in [-0.1, -0.05) is 60.7 Å². The fourth-order valence-electron chi connectivity index (χ4n) is 4.54. The Hall–Kier alpha value is -3.45. The number of hydrogen-bond donors (Lipinski definition) is 1. The molecule has 1 aliphatic rings. The van der Waals surface area contributed by atoms with Crippen molar-refractivity contribution in [2.24, 2.45) is 0 Å². The Morgan fingerprint density at radius 3 is 2.16 bits per heavy atom. The average Bonchev–Trinajstić information content (AvgIpc) is 2.79. The number of hydrogen-bond acceptors (Lipinski definition) is 5. The molecule has 7 heteroatoms. The molecule has 0 saturated carbocycles. The van der Waals surface area contributed by atoms with E-state index in [1.807, 2.05) is 74.5 Å². The molecule has 1 amide bonds. The van der Waals surface area contributed by atoms with Crippen LogP contribution in [0.5, 0.6) is 5.75 Å². The third kappa shape index (κ3) is 3.80. The number of carbonyl (C=O) groups excluding carboxylic acids is 1.